The van der Waals surface area contributed by atoms with E-state index in [4.69, 9.17) is 16.9 Å². The number of nitrogens with one attached hydrogen (secondary N) is 1. The van der Waals surface area contributed by atoms with Crippen LogP contribution in [0.2, 0.25) is 5.15 Å². The van der Waals surface area contributed by atoms with E-state index in [1.54, 1.807) is 30.3 Å². The fourth-order valence-electron chi connectivity index (χ4n) is 3.61. The predicted octanol–water partition coefficient (Wildman–Crippen LogP) is 5.00. The number of aryl methyl sites for hydroxylation is 1. The molecular weight excluding hydrogens is 476 g/mol. The lowest BCUT2D eigenvalue weighted by atomic mass is 10.0. The van der Waals surface area contributed by atoms with Crippen LogP contribution in [-0.2, 0) is 0 Å². The molecule has 8 nitrogen and oxygen atoms in total. The Morgan fingerprint density at radius 1 is 0.972 bits per heavy atom. The lowest BCUT2D eigenvalue weighted by Crippen LogP contribution is -2.13. The fraction of sp³-hybridized carbons (Fsp3) is 0.111. The van der Waals surface area contributed by atoms with Gasteiger partial charge in [-0.05, 0) is 67.8 Å². The van der Waals surface area contributed by atoms with E-state index < -0.39 is 12.0 Å². The molecule has 0 aliphatic rings. The number of hydrogen-bond donors (Lipinski definition) is 2. The molecule has 1 atom stereocenters. The van der Waals surface area contributed by atoms with Crippen LogP contribution in [0.25, 0.3) is 11.0 Å². The maximum Gasteiger partial charge on any atom is 0.356 e. The summed E-state index contributed by atoms with van der Waals surface area (Å²) in [7, 11) is 0. The number of hydrogen-bond acceptors (Lipinski definition) is 7. The van der Waals surface area contributed by atoms with Crippen molar-refractivity contribution in [2.24, 2.45) is 0 Å². The molecule has 4 rings (SSSR count). The van der Waals surface area contributed by atoms with E-state index in [0.717, 1.165) is 11.1 Å². The van der Waals surface area contributed by atoms with Crippen LogP contribution in [0.15, 0.2) is 48.5 Å². The van der Waals surface area contributed by atoms with Crippen LogP contribution in [0.3, 0.4) is 0 Å². The molecule has 0 fully saturated rings. The standard InChI is InChI=1S/C27H17ClN6O2/c1-15-11-19(16(2)31-21-9-10-24(28)34-26(21)27(35)36)25-22(12-15)32-23(14-30)20(33-25)8-7-17-3-5-18(13-29)6-4-17/h3-6,9-12,16,31H,1-2H3,(H,35,36)/t16-/m1/s1. The van der Waals surface area contributed by atoms with Crippen molar-refractivity contribution in [2.75, 3.05) is 5.32 Å². The highest BCUT2D eigenvalue weighted by molar-refractivity contribution is 6.29. The minimum absolute atomic E-state index is 0.0759. The van der Waals surface area contributed by atoms with E-state index >= 15 is 0 Å². The van der Waals surface area contributed by atoms with Gasteiger partial charge in [0.25, 0.3) is 0 Å². The van der Waals surface area contributed by atoms with Crippen molar-refractivity contribution < 1.29 is 9.90 Å². The minimum Gasteiger partial charge on any atom is -0.476 e. The molecule has 2 aromatic heterocycles. The zero-order valence-electron chi connectivity index (χ0n) is 19.2. The normalized spacial score (nSPS) is 11.0. The van der Waals surface area contributed by atoms with Gasteiger partial charge in [0.05, 0.1) is 34.4 Å². The Balaban J connectivity index is 1.79. The third-order valence-corrected chi connectivity index (χ3v) is 5.50. The Morgan fingerprint density at radius 2 is 1.69 bits per heavy atom. The molecule has 0 saturated heterocycles. The third kappa shape index (κ3) is 5.08. The van der Waals surface area contributed by atoms with Crippen molar-refractivity contribution in [2.45, 2.75) is 19.9 Å². The number of aromatic nitrogens is 3. The van der Waals surface area contributed by atoms with Crippen LogP contribution in [0.4, 0.5) is 5.69 Å². The van der Waals surface area contributed by atoms with Crippen LogP contribution >= 0.6 is 11.6 Å². The van der Waals surface area contributed by atoms with E-state index in [1.165, 1.54) is 6.07 Å². The van der Waals surface area contributed by atoms with Gasteiger partial charge in [-0.25, -0.2) is 19.7 Å². The molecule has 0 bridgehead atoms. The molecule has 0 spiro atoms. The van der Waals surface area contributed by atoms with Crippen molar-refractivity contribution in [1.29, 1.82) is 10.5 Å². The minimum atomic E-state index is -1.21. The quantitative estimate of drug-likeness (QED) is 0.300. The molecular formula is C27H17ClN6O2. The number of benzene rings is 2. The number of carboxylic acids is 1. The maximum atomic E-state index is 11.7. The highest BCUT2D eigenvalue weighted by Crippen LogP contribution is 2.29. The Kier molecular flexibility index (Phi) is 6.79. The highest BCUT2D eigenvalue weighted by atomic mass is 35.5. The predicted molar refractivity (Wildman–Crippen MR) is 134 cm³/mol. The first-order valence-electron chi connectivity index (χ1n) is 10.7. The van der Waals surface area contributed by atoms with Gasteiger partial charge in [-0.15, -0.1) is 0 Å². The van der Waals surface area contributed by atoms with Crippen molar-refractivity contribution in [3.63, 3.8) is 0 Å². The van der Waals surface area contributed by atoms with Crippen LogP contribution < -0.4 is 5.32 Å². The molecule has 0 radical (unpaired) electrons. The fourth-order valence-corrected chi connectivity index (χ4v) is 3.76. The topological polar surface area (TPSA) is 136 Å². The molecule has 0 amide bonds. The van der Waals surface area contributed by atoms with E-state index in [-0.39, 0.29) is 22.2 Å². The number of carboxylic acid groups (broad SMARTS) is 1. The van der Waals surface area contributed by atoms with Gasteiger partial charge in [0.15, 0.2) is 17.1 Å². The van der Waals surface area contributed by atoms with Crippen LogP contribution in [0.1, 0.15) is 57.1 Å². The number of carbonyl (C=O) groups is 1. The summed E-state index contributed by atoms with van der Waals surface area (Å²) in [6.07, 6.45) is 0. The summed E-state index contributed by atoms with van der Waals surface area (Å²) < 4.78 is 0. The molecule has 2 aromatic carbocycles. The van der Waals surface area contributed by atoms with Gasteiger partial charge in [0, 0.05) is 11.1 Å². The first kappa shape index (κ1) is 24.2. The van der Waals surface area contributed by atoms with Crippen LogP contribution in [0.5, 0.6) is 0 Å². The average Bonchev–Trinajstić information content (AvgIpc) is 2.87. The monoisotopic (exact) mass is 492 g/mol. The summed E-state index contributed by atoms with van der Waals surface area (Å²) in [6.45, 7) is 3.75. The average molecular weight is 493 g/mol. The molecule has 0 unspecified atom stereocenters. The molecule has 2 N–H and O–H groups in total. The third-order valence-electron chi connectivity index (χ3n) is 5.29. The van der Waals surface area contributed by atoms with Gasteiger partial charge >= 0.3 is 5.97 Å². The Hall–Kier alpha value is -4.97. The Labute approximate surface area is 211 Å². The van der Waals surface area contributed by atoms with Gasteiger partial charge in [-0.3, -0.25) is 0 Å². The van der Waals surface area contributed by atoms with Crippen molar-refractivity contribution in [1.82, 2.24) is 15.0 Å². The highest BCUT2D eigenvalue weighted by Gasteiger charge is 2.19. The van der Waals surface area contributed by atoms with Gasteiger partial charge in [0.2, 0.25) is 0 Å². The number of fused-ring (bicyclic) bond motifs is 1. The second-order valence-electron chi connectivity index (χ2n) is 7.89. The summed E-state index contributed by atoms with van der Waals surface area (Å²) in [6, 6.07) is 17.3. The molecule has 0 aliphatic heterocycles. The van der Waals surface area contributed by atoms with Crippen molar-refractivity contribution in [3.05, 3.63) is 93.0 Å². The van der Waals surface area contributed by atoms with Crippen molar-refractivity contribution in [3.8, 4) is 24.0 Å². The van der Waals surface area contributed by atoms with Gasteiger partial charge < -0.3 is 10.4 Å². The van der Waals surface area contributed by atoms with Crippen LogP contribution in [0, 0.1) is 41.4 Å². The number of nitrogens with zero attached hydrogens (tertiary/aromatic N) is 5. The van der Waals surface area contributed by atoms with Gasteiger partial charge in [-0.1, -0.05) is 23.6 Å². The molecule has 9 heteroatoms. The maximum absolute atomic E-state index is 11.7. The molecule has 36 heavy (non-hydrogen) atoms. The van der Waals surface area contributed by atoms with Gasteiger partial charge in [0.1, 0.15) is 11.2 Å². The summed E-state index contributed by atoms with van der Waals surface area (Å²) in [5.41, 5.74) is 4.29. The number of nitriles is 2. The van der Waals surface area contributed by atoms with Gasteiger partial charge in [-0.2, -0.15) is 10.5 Å². The zero-order chi connectivity index (χ0) is 25.8. The smallest absolute Gasteiger partial charge is 0.356 e. The Morgan fingerprint density at radius 3 is 2.36 bits per heavy atom. The molecule has 0 aliphatic carbocycles. The van der Waals surface area contributed by atoms with E-state index in [2.05, 4.69) is 44.2 Å². The van der Waals surface area contributed by atoms with E-state index in [0.29, 0.717) is 27.8 Å². The zero-order valence-corrected chi connectivity index (χ0v) is 19.9. The van der Waals surface area contributed by atoms with Crippen molar-refractivity contribution >= 4 is 34.3 Å². The summed E-state index contributed by atoms with van der Waals surface area (Å²) >= 11 is 5.87. The molecule has 0 saturated carbocycles. The number of anilines is 1. The van der Waals surface area contributed by atoms with Crippen LogP contribution in [-0.4, -0.2) is 26.0 Å². The second kappa shape index (κ2) is 10.1. The molecule has 174 valence electrons. The SMILES string of the molecule is Cc1cc([C@@H](C)Nc2ccc(Cl)nc2C(=O)O)c2nc(C#Cc3ccc(C#N)cc3)c(C#N)nc2c1. The number of rotatable bonds is 4. The second-order valence-corrected chi connectivity index (χ2v) is 8.28. The van der Waals surface area contributed by atoms with E-state index in [9.17, 15) is 15.2 Å². The number of pyridine rings is 1. The first-order chi connectivity index (χ1) is 17.3. The van der Waals surface area contributed by atoms with E-state index in [1.807, 2.05) is 26.0 Å². The lowest BCUT2D eigenvalue weighted by Gasteiger charge is -2.19. The molecule has 4 aromatic rings. The number of halogens is 1. The largest absolute Gasteiger partial charge is 0.476 e. The summed E-state index contributed by atoms with van der Waals surface area (Å²) in [5, 5.41) is 31.4. The first-order valence-corrected chi connectivity index (χ1v) is 11.1. The lowest BCUT2D eigenvalue weighted by molar-refractivity contribution is 0.0691. The number of aromatic carboxylic acids is 1. The molecule has 2 heterocycles. The summed E-state index contributed by atoms with van der Waals surface area (Å²) in [5.74, 6) is 4.67. The summed E-state index contributed by atoms with van der Waals surface area (Å²) in [4.78, 5) is 24.7. The Bertz CT molecular complexity index is 1660.